The second kappa shape index (κ2) is 6.51. The Labute approximate surface area is 115 Å². The molecule has 2 nitrogen and oxygen atoms in total. The zero-order valence-corrected chi connectivity index (χ0v) is 12.8. The summed E-state index contributed by atoms with van der Waals surface area (Å²) < 4.78 is 1.28. The quantitative estimate of drug-likeness (QED) is 0.838. The lowest BCUT2D eigenvalue weighted by molar-refractivity contribution is 0.787. The molecule has 0 amide bonds. The number of thiazole rings is 1. The number of allylic oxidation sites excluding steroid dienone is 1. The van der Waals surface area contributed by atoms with Crippen LogP contribution < -0.4 is 5.73 Å². The van der Waals surface area contributed by atoms with E-state index in [4.69, 9.17) is 5.73 Å². The van der Waals surface area contributed by atoms with Crippen LogP contribution in [-0.2, 0) is 0 Å². The summed E-state index contributed by atoms with van der Waals surface area (Å²) in [6.45, 7) is 6.16. The second-order valence-electron chi connectivity index (χ2n) is 3.81. The molecule has 2 N–H and O–H groups in total. The van der Waals surface area contributed by atoms with Gasteiger partial charge in [0.05, 0.1) is 10.7 Å². The molecule has 0 saturated carbocycles. The fourth-order valence-corrected chi connectivity index (χ4v) is 2.09. The normalized spacial score (nSPS) is 15.3. The van der Waals surface area contributed by atoms with Crippen molar-refractivity contribution < 1.29 is 0 Å². The van der Waals surface area contributed by atoms with E-state index in [-0.39, 0.29) is 6.04 Å². The van der Waals surface area contributed by atoms with Crippen LogP contribution in [0.5, 0.6) is 0 Å². The molecular weight excluding hydrogens is 331 g/mol. The van der Waals surface area contributed by atoms with E-state index >= 15 is 0 Å². The van der Waals surface area contributed by atoms with Crippen LogP contribution in [0.2, 0.25) is 0 Å². The van der Waals surface area contributed by atoms with Gasteiger partial charge in [0.15, 0.2) is 0 Å². The van der Waals surface area contributed by atoms with Crippen molar-refractivity contribution in [2.45, 2.75) is 33.2 Å². The first-order chi connectivity index (χ1) is 7.49. The van der Waals surface area contributed by atoms with Gasteiger partial charge >= 0.3 is 0 Å². The van der Waals surface area contributed by atoms with E-state index in [9.17, 15) is 0 Å². The van der Waals surface area contributed by atoms with Gasteiger partial charge in [0.2, 0.25) is 0 Å². The summed E-state index contributed by atoms with van der Waals surface area (Å²) in [5, 5.41) is 3.15. The Balaban J connectivity index is 2.66. The minimum atomic E-state index is 0.0896. The van der Waals surface area contributed by atoms with Crippen LogP contribution in [0, 0.1) is 6.92 Å². The fourth-order valence-electron chi connectivity index (χ4n) is 1.26. The average molecular weight is 348 g/mol. The van der Waals surface area contributed by atoms with E-state index in [0.717, 1.165) is 17.1 Å². The maximum absolute atomic E-state index is 6.08. The molecule has 1 aromatic rings. The van der Waals surface area contributed by atoms with Gasteiger partial charge < -0.3 is 5.73 Å². The first kappa shape index (κ1) is 13.9. The van der Waals surface area contributed by atoms with Crippen LogP contribution in [0.1, 0.15) is 31.0 Å². The van der Waals surface area contributed by atoms with Crippen LogP contribution in [0.15, 0.2) is 20.6 Å². The van der Waals surface area contributed by atoms with Gasteiger partial charge in [-0.2, -0.15) is 0 Å². The van der Waals surface area contributed by atoms with E-state index in [1.807, 2.05) is 6.92 Å². The number of nitrogens with two attached hydrogens (primary N) is 1. The summed E-state index contributed by atoms with van der Waals surface area (Å²) in [6.07, 6.45) is 5.12. The molecule has 0 fully saturated rings. The third-order valence-corrected chi connectivity index (χ3v) is 3.48. The highest BCUT2D eigenvalue weighted by Crippen LogP contribution is 2.15. The van der Waals surface area contributed by atoms with Crippen LogP contribution in [-0.4, -0.2) is 11.0 Å². The number of hydrogen-bond acceptors (Lipinski definition) is 3. The van der Waals surface area contributed by atoms with Gasteiger partial charge in [0, 0.05) is 11.4 Å². The summed E-state index contributed by atoms with van der Waals surface area (Å²) in [5.41, 5.74) is 8.28. The molecule has 1 rings (SSSR count). The van der Waals surface area contributed by atoms with E-state index in [2.05, 4.69) is 59.0 Å². The van der Waals surface area contributed by atoms with Gasteiger partial charge in [0.1, 0.15) is 0 Å². The zero-order chi connectivity index (χ0) is 12.1. The molecule has 88 valence electrons. The summed E-state index contributed by atoms with van der Waals surface area (Å²) in [5.74, 6) is 0. The zero-order valence-electron chi connectivity index (χ0n) is 9.83. The molecule has 1 heterocycles. The molecular formula is C12H17IN2S. The van der Waals surface area contributed by atoms with E-state index in [1.165, 1.54) is 9.15 Å². The highest BCUT2D eigenvalue weighted by atomic mass is 127. The molecule has 0 spiro atoms. The lowest BCUT2D eigenvalue weighted by Gasteiger charge is -2.09. The molecule has 16 heavy (non-hydrogen) atoms. The van der Waals surface area contributed by atoms with Gasteiger partial charge in [0.25, 0.3) is 0 Å². The molecule has 0 radical (unpaired) electrons. The van der Waals surface area contributed by atoms with Crippen molar-refractivity contribution in [3.8, 4) is 0 Å². The topological polar surface area (TPSA) is 38.9 Å². The molecule has 0 unspecified atom stereocenters. The molecule has 0 aromatic carbocycles. The standard InChI is InChI=1S/C12H17IN2S/c1-8(12(14)5-4-9(2)13)6-11-7-16-10(3)15-11/h4,6-7,12H,5,14H2,1-3H3/b8-6+,9-4-/t12-/m0/s1. The van der Waals surface area contributed by atoms with Crippen molar-refractivity contribution in [3.63, 3.8) is 0 Å². The van der Waals surface area contributed by atoms with E-state index < -0.39 is 0 Å². The van der Waals surface area contributed by atoms with Gasteiger partial charge in [-0.1, -0.05) is 11.6 Å². The van der Waals surface area contributed by atoms with Gasteiger partial charge in [-0.05, 0) is 59.4 Å². The number of nitrogens with zero attached hydrogens (tertiary/aromatic N) is 1. The smallest absolute Gasteiger partial charge is 0.0901 e. The third kappa shape index (κ3) is 4.76. The van der Waals surface area contributed by atoms with Gasteiger partial charge in [-0.15, -0.1) is 11.3 Å². The van der Waals surface area contributed by atoms with Crippen LogP contribution in [0.3, 0.4) is 0 Å². The highest BCUT2D eigenvalue weighted by molar-refractivity contribution is 14.1. The minimum Gasteiger partial charge on any atom is -0.324 e. The molecule has 0 aliphatic heterocycles. The summed E-state index contributed by atoms with van der Waals surface area (Å²) >= 11 is 3.97. The Morgan fingerprint density at radius 3 is 2.81 bits per heavy atom. The first-order valence-corrected chi connectivity index (χ1v) is 7.13. The first-order valence-electron chi connectivity index (χ1n) is 5.17. The third-order valence-electron chi connectivity index (χ3n) is 2.25. The van der Waals surface area contributed by atoms with Crippen molar-refractivity contribution in [2.24, 2.45) is 5.73 Å². The molecule has 0 aliphatic carbocycles. The average Bonchev–Trinajstić information content (AvgIpc) is 2.60. The lowest BCUT2D eigenvalue weighted by atomic mass is 10.1. The Bertz CT molecular complexity index is 403. The number of halogens is 1. The predicted molar refractivity (Wildman–Crippen MR) is 80.9 cm³/mol. The Kier molecular flexibility index (Phi) is 5.64. The molecule has 0 bridgehead atoms. The maximum atomic E-state index is 6.08. The van der Waals surface area contributed by atoms with E-state index in [1.54, 1.807) is 11.3 Å². The molecule has 0 saturated heterocycles. The number of hydrogen-bond donors (Lipinski definition) is 1. The van der Waals surface area contributed by atoms with E-state index in [0.29, 0.717) is 0 Å². The summed E-state index contributed by atoms with van der Waals surface area (Å²) in [4.78, 5) is 4.40. The number of rotatable bonds is 4. The van der Waals surface area contributed by atoms with Crippen LogP contribution in [0.25, 0.3) is 6.08 Å². The van der Waals surface area contributed by atoms with Gasteiger partial charge in [-0.3, -0.25) is 0 Å². The summed E-state index contributed by atoms with van der Waals surface area (Å²) in [6, 6.07) is 0.0896. The number of aromatic nitrogens is 1. The van der Waals surface area contributed by atoms with Gasteiger partial charge in [-0.25, -0.2) is 4.98 Å². The largest absolute Gasteiger partial charge is 0.324 e. The van der Waals surface area contributed by atoms with Crippen LogP contribution in [0.4, 0.5) is 0 Å². The van der Waals surface area contributed by atoms with Crippen molar-refractivity contribution >= 4 is 40.0 Å². The molecule has 0 aliphatic rings. The molecule has 4 heteroatoms. The predicted octanol–water partition coefficient (Wildman–Crippen LogP) is 3.91. The monoisotopic (exact) mass is 348 g/mol. The van der Waals surface area contributed by atoms with Crippen molar-refractivity contribution in [3.05, 3.63) is 31.3 Å². The maximum Gasteiger partial charge on any atom is 0.0901 e. The Morgan fingerprint density at radius 1 is 1.62 bits per heavy atom. The van der Waals surface area contributed by atoms with Crippen LogP contribution >= 0.6 is 33.9 Å². The number of aryl methyl sites for hydroxylation is 1. The Hall–Kier alpha value is -0.200. The lowest BCUT2D eigenvalue weighted by Crippen LogP contribution is -2.20. The Morgan fingerprint density at radius 2 is 2.31 bits per heavy atom. The van der Waals surface area contributed by atoms with Crippen molar-refractivity contribution in [2.75, 3.05) is 0 Å². The molecule has 1 aromatic heterocycles. The summed E-state index contributed by atoms with van der Waals surface area (Å²) in [7, 11) is 0. The van der Waals surface area contributed by atoms with Crippen molar-refractivity contribution in [1.29, 1.82) is 0 Å². The molecule has 1 atom stereocenters. The van der Waals surface area contributed by atoms with Crippen molar-refractivity contribution in [1.82, 2.24) is 4.98 Å². The fraction of sp³-hybridized carbons (Fsp3) is 0.417. The second-order valence-corrected chi connectivity index (χ2v) is 6.58. The minimum absolute atomic E-state index is 0.0896. The SMILES string of the molecule is C/C(I)=C/C[C@H](N)/C(C)=C/c1csc(C)n1. The highest BCUT2D eigenvalue weighted by Gasteiger charge is 2.04.